The van der Waals surface area contributed by atoms with E-state index >= 15 is 0 Å². The van der Waals surface area contributed by atoms with Gasteiger partial charge in [0, 0.05) is 12.6 Å². The molecule has 1 nitrogen and oxygen atoms in total. The van der Waals surface area contributed by atoms with Gasteiger partial charge in [0.15, 0.2) is 0 Å². The summed E-state index contributed by atoms with van der Waals surface area (Å²) in [5.74, 6) is -0.338. The van der Waals surface area contributed by atoms with Crippen LogP contribution in [0.3, 0.4) is 0 Å². The Hall–Kier alpha value is -1.74. The monoisotopic (exact) mass is 289 g/mol. The zero-order valence-corrected chi connectivity index (χ0v) is 12.7. The molecule has 0 aliphatic rings. The highest BCUT2D eigenvalue weighted by Crippen LogP contribution is 2.15. The van der Waals surface area contributed by atoms with Crippen LogP contribution >= 0.6 is 0 Å². The molecule has 1 atom stereocenters. The number of aryl methyl sites for hydroxylation is 2. The molecular formula is C18H21F2N. The Kier molecular flexibility index (Phi) is 5.07. The molecule has 0 heterocycles. The molecule has 2 rings (SSSR count). The van der Waals surface area contributed by atoms with Gasteiger partial charge >= 0.3 is 0 Å². The molecule has 0 aliphatic carbocycles. The standard InChI is InChI=1S/C18H21F2N/c1-12-8-16(9-13(2)18(12)20)11-21-14(3)10-15-4-6-17(19)7-5-15/h4-9,14,21H,10-11H2,1-3H3. The minimum absolute atomic E-state index is 0.127. The summed E-state index contributed by atoms with van der Waals surface area (Å²) >= 11 is 0. The van der Waals surface area contributed by atoms with E-state index in [1.165, 1.54) is 12.1 Å². The van der Waals surface area contributed by atoms with E-state index in [1.807, 2.05) is 12.1 Å². The lowest BCUT2D eigenvalue weighted by molar-refractivity contribution is 0.542. The van der Waals surface area contributed by atoms with Gasteiger partial charge in [-0.05, 0) is 61.6 Å². The van der Waals surface area contributed by atoms with Crippen molar-refractivity contribution in [2.75, 3.05) is 0 Å². The number of rotatable bonds is 5. The molecule has 3 heteroatoms. The summed E-state index contributed by atoms with van der Waals surface area (Å²) < 4.78 is 26.4. The van der Waals surface area contributed by atoms with E-state index < -0.39 is 0 Å². The van der Waals surface area contributed by atoms with Crippen molar-refractivity contribution in [3.8, 4) is 0 Å². The zero-order valence-electron chi connectivity index (χ0n) is 12.7. The molecule has 1 unspecified atom stereocenters. The van der Waals surface area contributed by atoms with Crippen LogP contribution in [-0.2, 0) is 13.0 Å². The molecule has 0 saturated carbocycles. The number of benzene rings is 2. The third kappa shape index (κ3) is 4.36. The van der Waals surface area contributed by atoms with Crippen molar-refractivity contribution < 1.29 is 8.78 Å². The second kappa shape index (κ2) is 6.81. The predicted octanol–water partition coefficient (Wildman–Crippen LogP) is 4.30. The van der Waals surface area contributed by atoms with E-state index in [9.17, 15) is 8.78 Å². The lowest BCUT2D eigenvalue weighted by Crippen LogP contribution is -2.27. The molecule has 0 radical (unpaired) electrons. The Morgan fingerprint density at radius 3 is 2.10 bits per heavy atom. The second-order valence-corrected chi connectivity index (χ2v) is 5.66. The van der Waals surface area contributed by atoms with Crippen molar-refractivity contribution in [2.45, 2.75) is 39.8 Å². The van der Waals surface area contributed by atoms with Crippen LogP contribution in [0.5, 0.6) is 0 Å². The Labute approximate surface area is 125 Å². The second-order valence-electron chi connectivity index (χ2n) is 5.66. The van der Waals surface area contributed by atoms with Gasteiger partial charge in [-0.15, -0.1) is 0 Å². The van der Waals surface area contributed by atoms with E-state index in [2.05, 4.69) is 12.2 Å². The van der Waals surface area contributed by atoms with E-state index in [4.69, 9.17) is 0 Å². The molecule has 0 fully saturated rings. The number of halogens is 2. The third-order valence-corrected chi connectivity index (χ3v) is 3.61. The largest absolute Gasteiger partial charge is 0.310 e. The Bertz CT molecular complexity index is 582. The lowest BCUT2D eigenvalue weighted by atomic mass is 10.0. The van der Waals surface area contributed by atoms with Crippen LogP contribution < -0.4 is 5.32 Å². The minimum Gasteiger partial charge on any atom is -0.310 e. The molecule has 112 valence electrons. The first-order chi connectivity index (χ1) is 9.95. The summed E-state index contributed by atoms with van der Waals surface area (Å²) in [5.41, 5.74) is 3.54. The average Bonchev–Trinajstić information content (AvgIpc) is 2.45. The van der Waals surface area contributed by atoms with Crippen LogP contribution in [0.4, 0.5) is 8.78 Å². The van der Waals surface area contributed by atoms with Crippen molar-refractivity contribution >= 4 is 0 Å². The fraction of sp³-hybridized carbons (Fsp3) is 0.333. The summed E-state index contributed by atoms with van der Waals surface area (Å²) in [5, 5.41) is 3.42. The quantitative estimate of drug-likeness (QED) is 0.865. The van der Waals surface area contributed by atoms with Crippen molar-refractivity contribution in [1.29, 1.82) is 0 Å². The van der Waals surface area contributed by atoms with Gasteiger partial charge in [-0.3, -0.25) is 0 Å². The number of hydrogen-bond donors (Lipinski definition) is 1. The maximum atomic E-state index is 13.6. The van der Waals surface area contributed by atoms with Crippen LogP contribution in [0.2, 0.25) is 0 Å². The number of nitrogens with one attached hydrogen (secondary N) is 1. The van der Waals surface area contributed by atoms with Crippen molar-refractivity contribution in [1.82, 2.24) is 5.32 Å². The fourth-order valence-electron chi connectivity index (χ4n) is 2.48. The Morgan fingerprint density at radius 1 is 0.952 bits per heavy atom. The topological polar surface area (TPSA) is 12.0 Å². The van der Waals surface area contributed by atoms with Crippen LogP contribution in [0.1, 0.15) is 29.2 Å². The first-order valence-corrected chi connectivity index (χ1v) is 7.19. The maximum Gasteiger partial charge on any atom is 0.129 e. The van der Waals surface area contributed by atoms with Gasteiger partial charge in [-0.25, -0.2) is 8.78 Å². The summed E-state index contributed by atoms with van der Waals surface area (Å²) in [4.78, 5) is 0. The summed E-state index contributed by atoms with van der Waals surface area (Å²) in [6.07, 6.45) is 0.833. The normalized spacial score (nSPS) is 12.4. The summed E-state index contributed by atoms with van der Waals surface area (Å²) in [6, 6.07) is 10.6. The molecule has 0 saturated heterocycles. The van der Waals surface area contributed by atoms with Gasteiger partial charge in [0.05, 0.1) is 0 Å². The molecule has 0 aliphatic heterocycles. The van der Waals surface area contributed by atoms with E-state index in [1.54, 1.807) is 26.0 Å². The SMILES string of the molecule is Cc1cc(CNC(C)Cc2ccc(F)cc2)cc(C)c1F. The average molecular weight is 289 g/mol. The highest BCUT2D eigenvalue weighted by molar-refractivity contribution is 5.30. The smallest absolute Gasteiger partial charge is 0.129 e. The van der Waals surface area contributed by atoms with Crippen LogP contribution in [-0.4, -0.2) is 6.04 Å². The van der Waals surface area contributed by atoms with Gasteiger partial charge in [-0.1, -0.05) is 24.3 Å². The summed E-state index contributed by atoms with van der Waals surface area (Å²) in [7, 11) is 0. The first-order valence-electron chi connectivity index (χ1n) is 7.19. The molecule has 0 spiro atoms. The van der Waals surface area contributed by atoms with Gasteiger partial charge < -0.3 is 5.32 Å². The molecule has 1 N–H and O–H groups in total. The van der Waals surface area contributed by atoms with Gasteiger partial charge in [0.1, 0.15) is 11.6 Å². The number of hydrogen-bond acceptors (Lipinski definition) is 1. The maximum absolute atomic E-state index is 13.6. The van der Waals surface area contributed by atoms with Crippen molar-refractivity contribution in [3.63, 3.8) is 0 Å². The Morgan fingerprint density at radius 2 is 1.52 bits per heavy atom. The highest BCUT2D eigenvalue weighted by Gasteiger charge is 2.07. The Balaban J connectivity index is 1.92. The molecule has 21 heavy (non-hydrogen) atoms. The van der Waals surface area contributed by atoms with E-state index in [0.29, 0.717) is 17.7 Å². The molecule has 0 amide bonds. The van der Waals surface area contributed by atoms with Gasteiger partial charge in [-0.2, -0.15) is 0 Å². The minimum atomic E-state index is -0.211. The summed E-state index contributed by atoms with van der Waals surface area (Å²) in [6.45, 7) is 6.36. The third-order valence-electron chi connectivity index (χ3n) is 3.61. The van der Waals surface area contributed by atoms with Gasteiger partial charge in [0.25, 0.3) is 0 Å². The van der Waals surface area contributed by atoms with Crippen LogP contribution in [0, 0.1) is 25.5 Å². The molecule has 0 bridgehead atoms. The van der Waals surface area contributed by atoms with Crippen molar-refractivity contribution in [2.24, 2.45) is 0 Å². The molecular weight excluding hydrogens is 268 g/mol. The van der Waals surface area contributed by atoms with Crippen molar-refractivity contribution in [3.05, 3.63) is 70.3 Å². The molecule has 0 aromatic heterocycles. The van der Waals surface area contributed by atoms with Crippen LogP contribution in [0.25, 0.3) is 0 Å². The fourth-order valence-corrected chi connectivity index (χ4v) is 2.48. The zero-order chi connectivity index (χ0) is 15.4. The predicted molar refractivity (Wildman–Crippen MR) is 82.3 cm³/mol. The first kappa shape index (κ1) is 15.6. The van der Waals surface area contributed by atoms with Gasteiger partial charge in [0.2, 0.25) is 0 Å². The lowest BCUT2D eigenvalue weighted by Gasteiger charge is -2.15. The van der Waals surface area contributed by atoms with Crippen LogP contribution in [0.15, 0.2) is 36.4 Å². The molecule has 2 aromatic carbocycles. The van der Waals surface area contributed by atoms with E-state index in [-0.39, 0.29) is 17.7 Å². The van der Waals surface area contributed by atoms with E-state index in [0.717, 1.165) is 17.5 Å². The highest BCUT2D eigenvalue weighted by atomic mass is 19.1. The molecule has 2 aromatic rings.